The van der Waals surface area contributed by atoms with E-state index >= 15 is 0 Å². The highest BCUT2D eigenvalue weighted by Gasteiger charge is 2.34. The van der Waals surface area contributed by atoms with Crippen LogP contribution in [0.4, 0.5) is 0 Å². The van der Waals surface area contributed by atoms with Crippen molar-refractivity contribution in [3.8, 4) is 5.75 Å². The molecule has 1 N–H and O–H groups in total. The molecule has 1 unspecified atom stereocenters. The fourth-order valence-corrected chi connectivity index (χ4v) is 3.70. The molecular weight excluding hydrogens is 350 g/mol. The molecular formula is C23H25N3O2. The van der Waals surface area contributed by atoms with Gasteiger partial charge in [-0.15, -0.1) is 0 Å². The van der Waals surface area contributed by atoms with Crippen molar-refractivity contribution < 1.29 is 9.53 Å². The third kappa shape index (κ3) is 3.79. The van der Waals surface area contributed by atoms with Crippen LogP contribution in [0.5, 0.6) is 5.75 Å². The van der Waals surface area contributed by atoms with E-state index in [0.29, 0.717) is 5.56 Å². The topological polar surface area (TPSA) is 56.2 Å². The molecule has 0 radical (unpaired) electrons. The van der Waals surface area contributed by atoms with E-state index in [4.69, 9.17) is 4.74 Å². The average molecular weight is 375 g/mol. The standard InChI is InChI=1S/C23H25N3O2/c1-16-24-12-13-26(16)15-17-8-10-18(11-9-17)22(27)25-20-14-23(2,3)28-21-7-5-4-6-19(20)21/h4-13,20H,14-15H2,1-3H3,(H,25,27). The molecule has 0 aliphatic carbocycles. The Bertz CT molecular complexity index is 989. The molecule has 4 rings (SSSR count). The monoisotopic (exact) mass is 375 g/mol. The number of fused-ring (bicyclic) bond motifs is 1. The van der Waals surface area contributed by atoms with Crippen molar-refractivity contribution in [2.24, 2.45) is 0 Å². The maximum Gasteiger partial charge on any atom is 0.251 e. The van der Waals surface area contributed by atoms with Crippen LogP contribution in [0, 0.1) is 6.92 Å². The summed E-state index contributed by atoms with van der Waals surface area (Å²) in [5.74, 6) is 1.75. The van der Waals surface area contributed by atoms with Gasteiger partial charge in [-0.25, -0.2) is 4.98 Å². The summed E-state index contributed by atoms with van der Waals surface area (Å²) in [6.07, 6.45) is 4.48. The molecule has 0 saturated heterocycles. The van der Waals surface area contributed by atoms with Crippen molar-refractivity contribution in [1.29, 1.82) is 0 Å². The van der Waals surface area contributed by atoms with Crippen LogP contribution in [0.1, 0.15) is 53.6 Å². The number of carbonyl (C=O) groups is 1. The Hall–Kier alpha value is -3.08. The van der Waals surface area contributed by atoms with E-state index in [9.17, 15) is 4.79 Å². The van der Waals surface area contributed by atoms with Crippen LogP contribution < -0.4 is 10.1 Å². The van der Waals surface area contributed by atoms with Crippen LogP contribution >= 0.6 is 0 Å². The summed E-state index contributed by atoms with van der Waals surface area (Å²) in [6, 6.07) is 15.6. The third-order valence-electron chi connectivity index (χ3n) is 5.17. The number of benzene rings is 2. The number of aromatic nitrogens is 2. The van der Waals surface area contributed by atoms with Crippen LogP contribution in [0.3, 0.4) is 0 Å². The molecule has 5 nitrogen and oxygen atoms in total. The molecule has 1 aliphatic rings. The number of amides is 1. The summed E-state index contributed by atoms with van der Waals surface area (Å²) in [5.41, 5.74) is 2.50. The molecule has 1 amide bonds. The minimum Gasteiger partial charge on any atom is -0.487 e. The first-order chi connectivity index (χ1) is 13.4. The molecule has 1 aliphatic heterocycles. The molecule has 2 heterocycles. The van der Waals surface area contributed by atoms with E-state index in [2.05, 4.69) is 28.7 Å². The van der Waals surface area contributed by atoms with Crippen molar-refractivity contribution in [1.82, 2.24) is 14.9 Å². The lowest BCUT2D eigenvalue weighted by molar-refractivity contribution is 0.0619. The van der Waals surface area contributed by atoms with Crippen LogP contribution in [-0.4, -0.2) is 21.1 Å². The summed E-state index contributed by atoms with van der Waals surface area (Å²) in [4.78, 5) is 17.1. The Labute approximate surface area is 165 Å². The minimum atomic E-state index is -0.321. The second-order valence-electron chi connectivity index (χ2n) is 7.93. The van der Waals surface area contributed by atoms with E-state index in [1.54, 1.807) is 6.20 Å². The highest BCUT2D eigenvalue weighted by Crippen LogP contribution is 2.39. The molecule has 0 saturated carbocycles. The second-order valence-corrected chi connectivity index (χ2v) is 7.93. The van der Waals surface area contributed by atoms with Gasteiger partial charge < -0.3 is 14.6 Å². The van der Waals surface area contributed by atoms with Gasteiger partial charge in [0.2, 0.25) is 0 Å². The first kappa shape index (κ1) is 18.3. The van der Waals surface area contributed by atoms with Crippen LogP contribution in [-0.2, 0) is 6.54 Å². The Morgan fingerprint density at radius 2 is 1.96 bits per heavy atom. The van der Waals surface area contributed by atoms with E-state index in [1.807, 2.05) is 61.7 Å². The molecule has 3 aromatic rings. The zero-order valence-electron chi connectivity index (χ0n) is 16.5. The number of nitrogens with one attached hydrogen (secondary N) is 1. The lowest BCUT2D eigenvalue weighted by Gasteiger charge is -2.37. The van der Waals surface area contributed by atoms with Crippen molar-refractivity contribution in [3.05, 3.63) is 83.4 Å². The smallest absolute Gasteiger partial charge is 0.251 e. The minimum absolute atomic E-state index is 0.0668. The van der Waals surface area contributed by atoms with Gasteiger partial charge in [0, 0.05) is 36.5 Å². The van der Waals surface area contributed by atoms with Crippen molar-refractivity contribution in [2.75, 3.05) is 0 Å². The van der Waals surface area contributed by atoms with Gasteiger partial charge in [0.1, 0.15) is 17.2 Å². The normalized spacial score (nSPS) is 17.5. The third-order valence-corrected chi connectivity index (χ3v) is 5.17. The molecule has 1 atom stereocenters. The number of hydrogen-bond acceptors (Lipinski definition) is 3. The Kier molecular flexibility index (Phi) is 4.67. The lowest BCUT2D eigenvalue weighted by Crippen LogP contribution is -2.41. The molecule has 2 aromatic carbocycles. The number of imidazole rings is 1. The first-order valence-corrected chi connectivity index (χ1v) is 9.57. The molecule has 28 heavy (non-hydrogen) atoms. The number of nitrogens with zero attached hydrogens (tertiary/aromatic N) is 2. The number of aryl methyl sites for hydroxylation is 1. The Morgan fingerprint density at radius 1 is 1.21 bits per heavy atom. The summed E-state index contributed by atoms with van der Waals surface area (Å²) in [6.45, 7) is 6.83. The molecule has 0 bridgehead atoms. The zero-order chi connectivity index (χ0) is 19.7. The highest BCUT2D eigenvalue weighted by molar-refractivity contribution is 5.94. The Balaban J connectivity index is 1.49. The molecule has 0 fully saturated rings. The van der Waals surface area contributed by atoms with E-state index in [-0.39, 0.29) is 17.6 Å². The number of ether oxygens (including phenoxy) is 1. The predicted octanol–water partition coefficient (Wildman–Crippen LogP) is 4.27. The quantitative estimate of drug-likeness (QED) is 0.741. The van der Waals surface area contributed by atoms with Crippen molar-refractivity contribution >= 4 is 5.91 Å². The summed E-state index contributed by atoms with van der Waals surface area (Å²) < 4.78 is 8.13. The maximum absolute atomic E-state index is 12.8. The lowest BCUT2D eigenvalue weighted by atomic mass is 9.89. The van der Waals surface area contributed by atoms with E-state index < -0.39 is 0 Å². The zero-order valence-corrected chi connectivity index (χ0v) is 16.5. The second kappa shape index (κ2) is 7.15. The number of hydrogen-bond donors (Lipinski definition) is 1. The summed E-state index contributed by atoms with van der Waals surface area (Å²) in [5, 5.41) is 3.19. The molecule has 5 heteroatoms. The van der Waals surface area contributed by atoms with Gasteiger partial charge in [0.25, 0.3) is 5.91 Å². The van der Waals surface area contributed by atoms with Crippen molar-refractivity contribution in [3.63, 3.8) is 0 Å². The summed E-state index contributed by atoms with van der Waals surface area (Å²) in [7, 11) is 0. The van der Waals surface area contributed by atoms with Gasteiger partial charge in [0.15, 0.2) is 0 Å². The van der Waals surface area contributed by atoms with E-state index in [0.717, 1.165) is 35.7 Å². The van der Waals surface area contributed by atoms with Crippen molar-refractivity contribution in [2.45, 2.75) is 45.4 Å². The molecule has 1 aromatic heterocycles. The summed E-state index contributed by atoms with van der Waals surface area (Å²) >= 11 is 0. The number of rotatable bonds is 4. The van der Waals surface area contributed by atoms with Crippen LogP contribution in [0.15, 0.2) is 60.9 Å². The van der Waals surface area contributed by atoms with Crippen LogP contribution in [0.25, 0.3) is 0 Å². The van der Waals surface area contributed by atoms with Gasteiger partial charge in [0.05, 0.1) is 6.04 Å². The van der Waals surface area contributed by atoms with Gasteiger partial charge in [-0.1, -0.05) is 30.3 Å². The molecule has 144 valence electrons. The number of para-hydroxylation sites is 1. The molecule has 0 spiro atoms. The Morgan fingerprint density at radius 3 is 2.68 bits per heavy atom. The first-order valence-electron chi connectivity index (χ1n) is 9.57. The van der Waals surface area contributed by atoms with Gasteiger partial charge in [-0.3, -0.25) is 4.79 Å². The predicted molar refractivity (Wildman–Crippen MR) is 108 cm³/mol. The highest BCUT2D eigenvalue weighted by atomic mass is 16.5. The van der Waals surface area contributed by atoms with Gasteiger partial charge >= 0.3 is 0 Å². The number of carbonyl (C=O) groups excluding carboxylic acids is 1. The van der Waals surface area contributed by atoms with Gasteiger partial charge in [-0.2, -0.15) is 0 Å². The maximum atomic E-state index is 12.8. The fraction of sp³-hybridized carbons (Fsp3) is 0.304. The largest absolute Gasteiger partial charge is 0.487 e. The van der Waals surface area contributed by atoms with Gasteiger partial charge in [-0.05, 0) is 44.5 Å². The van der Waals surface area contributed by atoms with Crippen LogP contribution in [0.2, 0.25) is 0 Å². The fourth-order valence-electron chi connectivity index (χ4n) is 3.70. The average Bonchev–Trinajstić information content (AvgIpc) is 3.06. The SMILES string of the molecule is Cc1nccn1Cc1ccc(C(=O)NC2CC(C)(C)Oc3ccccc32)cc1. The van der Waals surface area contributed by atoms with E-state index in [1.165, 1.54) is 0 Å².